The average Bonchev–Trinajstić information content (AvgIpc) is 2.87. The molecule has 0 aromatic heterocycles. The lowest BCUT2D eigenvalue weighted by Crippen LogP contribution is -2.50. The van der Waals surface area contributed by atoms with E-state index in [0.717, 1.165) is 0 Å². The summed E-state index contributed by atoms with van der Waals surface area (Å²) in [6.07, 6.45) is -0.105. The molecular formula is C19H34O21S6. The fourth-order valence-corrected chi connectivity index (χ4v) is 10.2. The van der Waals surface area contributed by atoms with Gasteiger partial charge in [0, 0.05) is 0 Å². The number of ether oxygens (including phenoxy) is 2. The van der Waals surface area contributed by atoms with Crippen LogP contribution in [0.1, 0.15) is 33.1 Å². The third-order valence-electron chi connectivity index (χ3n) is 5.33. The van der Waals surface area contributed by atoms with Gasteiger partial charge in [0.1, 0.15) is 0 Å². The Balaban J connectivity index is 0.000000396. The van der Waals surface area contributed by atoms with Crippen molar-refractivity contribution in [3.63, 3.8) is 0 Å². The molecule has 0 aliphatic carbocycles. The van der Waals surface area contributed by atoms with Crippen molar-refractivity contribution >= 4 is 72.6 Å². The molecule has 46 heavy (non-hydrogen) atoms. The van der Waals surface area contributed by atoms with Crippen LogP contribution in [0.5, 0.6) is 0 Å². The third kappa shape index (κ3) is 15.6. The van der Waals surface area contributed by atoms with Gasteiger partial charge in [-0.05, 0) is 33.1 Å². The summed E-state index contributed by atoms with van der Waals surface area (Å²) in [5.41, 5.74) is -2.36. The molecule has 3 saturated heterocycles. The van der Waals surface area contributed by atoms with Gasteiger partial charge in [-0.1, -0.05) is 0 Å². The molecule has 3 rings (SSSR count). The maximum atomic E-state index is 12.2. The van der Waals surface area contributed by atoms with Crippen LogP contribution in [0, 0.1) is 5.41 Å². The first-order valence-electron chi connectivity index (χ1n) is 12.9. The van der Waals surface area contributed by atoms with E-state index < -0.39 is 110 Å². The van der Waals surface area contributed by atoms with Gasteiger partial charge in [0.25, 0.3) is 60.7 Å². The number of rotatable bonds is 4. The van der Waals surface area contributed by atoms with Gasteiger partial charge in [-0.3, -0.25) is 18.0 Å². The average molecular weight is 791 g/mol. The minimum Gasteiger partial charge on any atom is -0.465 e. The first-order chi connectivity index (χ1) is 20.9. The number of carbonyl (C=O) groups excluding carboxylic acids is 2. The smallest absolute Gasteiger partial charge is 0.328 e. The number of esters is 2. The first kappa shape index (κ1) is 42.5. The molecule has 0 N–H and O–H groups in total. The summed E-state index contributed by atoms with van der Waals surface area (Å²) in [5.74, 6) is -4.54. The third-order valence-corrected chi connectivity index (χ3v) is 13.6. The maximum Gasteiger partial charge on any atom is 0.328 e. The van der Waals surface area contributed by atoms with Crippen molar-refractivity contribution in [3.8, 4) is 0 Å². The van der Waals surface area contributed by atoms with Crippen LogP contribution in [-0.4, -0.2) is 130 Å². The zero-order valence-corrected chi connectivity index (χ0v) is 29.3. The van der Waals surface area contributed by atoms with E-state index >= 15 is 0 Å². The van der Waals surface area contributed by atoms with Crippen LogP contribution in [0.2, 0.25) is 0 Å². The lowest BCUT2D eigenvalue weighted by molar-refractivity contribution is -0.176. The zero-order valence-electron chi connectivity index (χ0n) is 24.4. The molecule has 21 nitrogen and oxygen atoms in total. The quantitative estimate of drug-likeness (QED) is 0.159. The van der Waals surface area contributed by atoms with Crippen LogP contribution in [0.25, 0.3) is 0 Å². The topological polar surface area (TPSA) is 304 Å². The lowest BCUT2D eigenvalue weighted by atomic mass is 9.90. The van der Waals surface area contributed by atoms with E-state index in [1.807, 2.05) is 0 Å². The standard InChI is InChI=1S/C12H20O10S2.C4H8O6S2.C3H6O5S2/c1-3-19-10(13)12(11(14)20-4-2)8-21-23(15,16)6-5-7-24(17,18)22-9-12;5-11(6)2-1-3-12(7,8)10-4-9-11;4-9(5)2-1-3-10(6,7)8-9/h3-9H2,1-2H3;1-4H2;1-3H2. The molecule has 0 saturated carbocycles. The highest BCUT2D eigenvalue weighted by Gasteiger charge is 2.52. The molecule has 272 valence electrons. The minimum atomic E-state index is -4.14. The molecular weight excluding hydrogens is 757 g/mol. The number of hydrogen-bond acceptors (Lipinski definition) is 21. The molecule has 3 aliphatic heterocycles. The van der Waals surface area contributed by atoms with E-state index in [4.69, 9.17) is 17.8 Å². The van der Waals surface area contributed by atoms with Gasteiger partial charge < -0.3 is 9.47 Å². The summed E-state index contributed by atoms with van der Waals surface area (Å²) in [7, 11) is -23.0. The van der Waals surface area contributed by atoms with Gasteiger partial charge >= 0.3 is 11.9 Å². The van der Waals surface area contributed by atoms with Crippen LogP contribution >= 0.6 is 0 Å². The van der Waals surface area contributed by atoms with Crippen LogP contribution in [-0.2, 0) is 100 Å². The second-order valence-corrected chi connectivity index (χ2v) is 19.7. The largest absolute Gasteiger partial charge is 0.465 e. The predicted octanol–water partition coefficient (Wildman–Crippen LogP) is -2.70. The normalized spacial score (nSPS) is 25.9. The molecule has 0 atom stereocenters. The van der Waals surface area contributed by atoms with Gasteiger partial charge in [-0.2, -0.15) is 50.5 Å². The first-order valence-corrected chi connectivity index (χ1v) is 22.4. The Morgan fingerprint density at radius 2 is 0.783 bits per heavy atom. The van der Waals surface area contributed by atoms with Crippen LogP contribution in [0.15, 0.2) is 0 Å². The second-order valence-electron chi connectivity index (χ2n) is 9.10. The van der Waals surface area contributed by atoms with Gasteiger partial charge in [-0.25, -0.2) is 8.37 Å². The molecule has 0 aromatic carbocycles. The van der Waals surface area contributed by atoms with E-state index in [2.05, 4.69) is 12.0 Å². The molecule has 0 amide bonds. The molecule has 0 spiro atoms. The Kier molecular flexibility index (Phi) is 15.9. The summed E-state index contributed by atoms with van der Waals surface area (Å²) in [6, 6.07) is 0. The SMILES string of the molecule is CCOC(=O)C1(C(=O)OCC)COS(=O)(=O)CCCS(=O)(=O)OC1.O=S1(=O)CCCS(=O)(=O)O1.O=S1(=O)CCCS(=O)(=O)OCO1. The molecule has 0 bridgehead atoms. The molecule has 0 unspecified atom stereocenters. The molecule has 0 aromatic rings. The van der Waals surface area contributed by atoms with Crippen molar-refractivity contribution in [2.24, 2.45) is 5.41 Å². The Hall–Kier alpha value is -1.56. The fraction of sp³-hybridized carbons (Fsp3) is 0.895. The van der Waals surface area contributed by atoms with Crippen molar-refractivity contribution in [1.82, 2.24) is 0 Å². The van der Waals surface area contributed by atoms with Gasteiger partial charge in [0.05, 0.1) is 60.9 Å². The molecule has 3 aliphatic rings. The summed E-state index contributed by atoms with van der Waals surface area (Å²) < 4.78 is 163. The van der Waals surface area contributed by atoms with Crippen molar-refractivity contribution in [2.45, 2.75) is 33.1 Å². The van der Waals surface area contributed by atoms with Gasteiger partial charge in [0.15, 0.2) is 6.79 Å². The highest BCUT2D eigenvalue weighted by atomic mass is 32.3. The molecule has 3 fully saturated rings. The van der Waals surface area contributed by atoms with Crippen molar-refractivity contribution < 1.29 is 89.9 Å². The summed E-state index contributed by atoms with van der Waals surface area (Å²) in [5, 5.41) is 0. The van der Waals surface area contributed by atoms with E-state index in [9.17, 15) is 60.1 Å². The Morgan fingerprint density at radius 1 is 0.500 bits per heavy atom. The lowest BCUT2D eigenvalue weighted by Gasteiger charge is -2.28. The van der Waals surface area contributed by atoms with Crippen molar-refractivity contribution in [3.05, 3.63) is 0 Å². The monoisotopic (exact) mass is 790 g/mol. The Morgan fingerprint density at radius 3 is 1.07 bits per heavy atom. The van der Waals surface area contributed by atoms with Gasteiger partial charge in [-0.15, -0.1) is 3.63 Å². The van der Waals surface area contributed by atoms with Crippen molar-refractivity contribution in [1.29, 1.82) is 0 Å². The summed E-state index contributed by atoms with van der Waals surface area (Å²) >= 11 is 0. The van der Waals surface area contributed by atoms with E-state index in [-0.39, 0.29) is 55.5 Å². The van der Waals surface area contributed by atoms with E-state index in [1.165, 1.54) is 13.8 Å². The minimum absolute atomic E-state index is 0.00463. The Labute approximate surface area is 267 Å². The summed E-state index contributed by atoms with van der Waals surface area (Å²) in [6.45, 7) is -0.00698. The second kappa shape index (κ2) is 17.2. The fourth-order valence-electron chi connectivity index (χ4n) is 3.15. The highest BCUT2D eigenvalue weighted by molar-refractivity contribution is 8.00. The maximum absolute atomic E-state index is 12.2. The van der Waals surface area contributed by atoms with Crippen LogP contribution in [0.3, 0.4) is 0 Å². The predicted molar refractivity (Wildman–Crippen MR) is 152 cm³/mol. The summed E-state index contributed by atoms with van der Waals surface area (Å²) in [4.78, 5) is 24.5. The molecule has 0 radical (unpaired) electrons. The van der Waals surface area contributed by atoms with Crippen molar-refractivity contribution in [2.75, 3.05) is 67.7 Å². The van der Waals surface area contributed by atoms with Crippen LogP contribution in [0.4, 0.5) is 0 Å². The highest BCUT2D eigenvalue weighted by Crippen LogP contribution is 2.27. The van der Waals surface area contributed by atoms with Crippen LogP contribution < -0.4 is 0 Å². The van der Waals surface area contributed by atoms with E-state index in [0.29, 0.717) is 0 Å². The van der Waals surface area contributed by atoms with E-state index in [1.54, 1.807) is 0 Å². The van der Waals surface area contributed by atoms with Gasteiger partial charge in [0.2, 0.25) is 5.41 Å². The molecule has 3 heterocycles. The molecule has 27 heteroatoms. The number of hydrogen-bond donors (Lipinski definition) is 0. The number of carbonyl (C=O) groups is 2. The Bertz CT molecular complexity index is 1560. The zero-order chi connectivity index (χ0) is 35.5.